The van der Waals surface area contributed by atoms with Crippen LogP contribution in [0, 0.1) is 17.3 Å². The molecule has 1 aliphatic carbocycles. The number of carbonyl (C=O) groups is 1. The zero-order valence-corrected chi connectivity index (χ0v) is 29.3. The van der Waals surface area contributed by atoms with E-state index in [-0.39, 0.29) is 54.6 Å². The monoisotopic (exact) mass is 709 g/mol. The highest BCUT2D eigenvalue weighted by Gasteiger charge is 2.63. The van der Waals surface area contributed by atoms with Crippen molar-refractivity contribution in [3.63, 3.8) is 0 Å². The van der Waals surface area contributed by atoms with Gasteiger partial charge < -0.3 is 33.8 Å². The quantitative estimate of drug-likeness (QED) is 0.331. The van der Waals surface area contributed by atoms with Crippen LogP contribution < -0.4 is 5.32 Å². The van der Waals surface area contributed by atoms with E-state index in [4.69, 9.17) is 23.4 Å². The van der Waals surface area contributed by atoms with Crippen LogP contribution in [0.3, 0.4) is 0 Å². The number of rotatable bonds is 8. The third kappa shape index (κ3) is 7.35. The Bertz CT molecular complexity index is 1700. The molecule has 270 valence electrons. The standard InChI is InChI=1S/C37H47N3O9S/c1-37-23-47-35-29(37)18-28(22-46-35)34(37)49-36(42)39-30(16-25-10-6-5-7-11-25)31(41)20-40-14-8-3-2-4-9-15-45-21-27-17-26(32-19-38-24-48-32)12-13-33(27)50(40,43)44/h5-7,10-13,17,19,24,28-31,34-35,41H,2-4,8-9,14-16,18,20-23H2,1H3,(H,39,42)/t28?,29?,30-,31+,34-,35-,37?/m0/s1. The number of aliphatic hydroxyl groups excluding tert-OH is 1. The van der Waals surface area contributed by atoms with Gasteiger partial charge in [-0.25, -0.2) is 18.2 Å². The SMILES string of the molecule is CC12CO[C@@H]3OCC(CC31)[C@@H]2OC(=O)N[C@@H](Cc1ccccc1)[C@H](O)CN1CCCCCCCOCc2cc(-c3cnco3)ccc2S1(=O)=O. The lowest BCUT2D eigenvalue weighted by Crippen LogP contribution is -2.52. The first-order valence-corrected chi connectivity index (χ1v) is 19.2. The van der Waals surface area contributed by atoms with Crippen molar-refractivity contribution in [3.8, 4) is 11.3 Å². The Balaban J connectivity index is 1.14. The Morgan fingerprint density at radius 2 is 1.94 bits per heavy atom. The van der Waals surface area contributed by atoms with Gasteiger partial charge in [-0.05, 0) is 55.0 Å². The Morgan fingerprint density at radius 1 is 1.12 bits per heavy atom. The number of ether oxygens (including phenoxy) is 4. The highest BCUT2D eigenvalue weighted by Crippen LogP contribution is 2.57. The van der Waals surface area contributed by atoms with Crippen molar-refractivity contribution >= 4 is 16.1 Å². The van der Waals surface area contributed by atoms with Gasteiger partial charge in [-0.3, -0.25) is 0 Å². The summed E-state index contributed by atoms with van der Waals surface area (Å²) >= 11 is 0. The molecule has 1 amide bonds. The smallest absolute Gasteiger partial charge is 0.407 e. The fraction of sp³-hybridized carbons (Fsp3) is 0.568. The minimum Gasteiger partial charge on any atom is -0.445 e. The van der Waals surface area contributed by atoms with E-state index in [2.05, 4.69) is 17.2 Å². The van der Waals surface area contributed by atoms with Crippen LogP contribution in [0.5, 0.6) is 0 Å². The number of aliphatic hydroxyl groups is 1. The van der Waals surface area contributed by atoms with E-state index in [1.54, 1.807) is 24.4 Å². The Morgan fingerprint density at radius 3 is 2.76 bits per heavy atom. The van der Waals surface area contributed by atoms with E-state index >= 15 is 0 Å². The molecule has 7 rings (SSSR count). The van der Waals surface area contributed by atoms with Gasteiger partial charge in [0.25, 0.3) is 0 Å². The lowest BCUT2D eigenvalue weighted by atomic mass is 9.80. The van der Waals surface area contributed by atoms with Crippen LogP contribution in [0.1, 0.15) is 56.6 Å². The van der Waals surface area contributed by atoms with Crippen molar-refractivity contribution in [1.29, 1.82) is 0 Å². The predicted molar refractivity (Wildman–Crippen MR) is 182 cm³/mol. The van der Waals surface area contributed by atoms with E-state index in [0.717, 1.165) is 37.7 Å². The molecule has 12 nitrogen and oxygen atoms in total. The number of nitrogens with one attached hydrogen (secondary N) is 1. The van der Waals surface area contributed by atoms with Crippen molar-refractivity contribution in [2.24, 2.45) is 17.3 Å². The number of alkyl carbamates (subject to hydrolysis) is 1. The average Bonchev–Trinajstić information content (AvgIpc) is 3.82. The maximum absolute atomic E-state index is 14.5. The molecule has 2 saturated heterocycles. The summed E-state index contributed by atoms with van der Waals surface area (Å²) in [5.41, 5.74) is 1.72. The molecule has 3 aliphatic heterocycles. The van der Waals surface area contributed by atoms with Crippen molar-refractivity contribution in [2.45, 2.75) is 87.9 Å². The average molecular weight is 710 g/mol. The number of fused-ring (bicyclic) bond motifs is 2. The summed E-state index contributed by atoms with van der Waals surface area (Å²) in [6.07, 6.45) is 5.78. The van der Waals surface area contributed by atoms with Gasteiger partial charge in [-0.15, -0.1) is 0 Å². The first kappa shape index (κ1) is 35.1. The van der Waals surface area contributed by atoms with E-state index in [1.807, 2.05) is 30.3 Å². The van der Waals surface area contributed by atoms with Crippen LogP contribution in [0.2, 0.25) is 0 Å². The number of oxazole rings is 1. The van der Waals surface area contributed by atoms with Gasteiger partial charge in [0.1, 0.15) is 6.10 Å². The molecule has 2 N–H and O–H groups in total. The van der Waals surface area contributed by atoms with E-state index in [0.29, 0.717) is 43.1 Å². The first-order chi connectivity index (χ1) is 24.2. The molecular weight excluding hydrogens is 662 g/mol. The molecule has 2 bridgehead atoms. The van der Waals surface area contributed by atoms with Gasteiger partial charge in [-0.1, -0.05) is 56.5 Å². The maximum Gasteiger partial charge on any atom is 0.407 e. The highest BCUT2D eigenvalue weighted by molar-refractivity contribution is 7.89. The number of hydrogen-bond acceptors (Lipinski definition) is 10. The summed E-state index contributed by atoms with van der Waals surface area (Å²) in [4.78, 5) is 17.7. The first-order valence-electron chi connectivity index (χ1n) is 17.7. The Hall–Kier alpha value is -3.33. The molecular formula is C37H47N3O9S. The van der Waals surface area contributed by atoms with Crippen LogP contribution in [-0.4, -0.2) is 86.4 Å². The summed E-state index contributed by atoms with van der Waals surface area (Å²) in [5.74, 6) is 0.747. The zero-order valence-electron chi connectivity index (χ0n) is 28.4. The topological polar surface area (TPSA) is 150 Å². The van der Waals surface area contributed by atoms with Crippen molar-refractivity contribution in [3.05, 3.63) is 72.2 Å². The van der Waals surface area contributed by atoms with E-state index < -0.39 is 34.4 Å². The fourth-order valence-corrected chi connectivity index (χ4v) is 9.81. The van der Waals surface area contributed by atoms with E-state index in [9.17, 15) is 18.3 Å². The second kappa shape index (κ2) is 15.1. The number of hydrogen-bond donors (Lipinski definition) is 2. The summed E-state index contributed by atoms with van der Waals surface area (Å²) in [7, 11) is -4.10. The molecule has 3 unspecified atom stereocenters. The third-order valence-corrected chi connectivity index (χ3v) is 12.8. The number of benzene rings is 2. The fourth-order valence-electron chi connectivity index (χ4n) is 8.12. The molecule has 13 heteroatoms. The second-order valence-electron chi connectivity index (χ2n) is 14.3. The Labute approximate surface area is 293 Å². The summed E-state index contributed by atoms with van der Waals surface area (Å²) < 4.78 is 59.7. The number of amides is 1. The van der Waals surface area contributed by atoms with Crippen LogP contribution in [-0.2, 0) is 42.0 Å². The summed E-state index contributed by atoms with van der Waals surface area (Å²) in [6, 6.07) is 13.7. The highest BCUT2D eigenvalue weighted by atomic mass is 32.2. The molecule has 3 aromatic rings. The number of aromatic nitrogens is 1. The molecule has 3 fully saturated rings. The minimum atomic E-state index is -4.10. The third-order valence-electron chi connectivity index (χ3n) is 10.9. The molecule has 7 atom stereocenters. The molecule has 1 saturated carbocycles. The number of carbonyl (C=O) groups excluding carboxylic acids is 1. The van der Waals surface area contributed by atoms with Gasteiger partial charge in [0.2, 0.25) is 10.0 Å². The van der Waals surface area contributed by atoms with Crippen LogP contribution in [0.15, 0.2) is 70.4 Å². The number of sulfonamides is 1. The normalized spacial score (nSPS) is 29.5. The summed E-state index contributed by atoms with van der Waals surface area (Å²) in [6.45, 7) is 3.63. The van der Waals surface area contributed by atoms with Crippen molar-refractivity contribution in [1.82, 2.24) is 14.6 Å². The molecule has 4 aliphatic rings. The minimum absolute atomic E-state index is 0.0682. The maximum atomic E-state index is 14.5. The van der Waals surface area contributed by atoms with Gasteiger partial charge in [-0.2, -0.15) is 4.31 Å². The van der Waals surface area contributed by atoms with Crippen LogP contribution in [0.4, 0.5) is 4.79 Å². The molecule has 2 aromatic carbocycles. The largest absolute Gasteiger partial charge is 0.445 e. The Kier molecular flexibility index (Phi) is 10.6. The van der Waals surface area contributed by atoms with Gasteiger partial charge in [0.05, 0.1) is 43.1 Å². The number of β-amino-alcohol motifs (C(OH)–C–C–N with tert-alkyl or cyclic N) is 1. The molecule has 50 heavy (non-hydrogen) atoms. The zero-order chi connectivity index (χ0) is 34.7. The number of nitrogens with zero attached hydrogens (tertiary/aromatic N) is 2. The van der Waals surface area contributed by atoms with Gasteiger partial charge in [0, 0.05) is 42.5 Å². The molecule has 0 radical (unpaired) electrons. The van der Waals surface area contributed by atoms with Gasteiger partial charge >= 0.3 is 6.09 Å². The molecule has 1 aromatic heterocycles. The summed E-state index contributed by atoms with van der Waals surface area (Å²) in [5, 5.41) is 14.8. The molecule has 4 heterocycles. The molecule has 0 spiro atoms. The lowest BCUT2D eigenvalue weighted by molar-refractivity contribution is -0.170. The van der Waals surface area contributed by atoms with Gasteiger partial charge in [0.15, 0.2) is 18.4 Å². The van der Waals surface area contributed by atoms with Crippen molar-refractivity contribution in [2.75, 3.05) is 32.9 Å². The predicted octanol–water partition coefficient (Wildman–Crippen LogP) is 4.91. The van der Waals surface area contributed by atoms with E-state index in [1.165, 1.54) is 10.7 Å². The van der Waals surface area contributed by atoms with Crippen LogP contribution >= 0.6 is 0 Å². The lowest BCUT2D eigenvalue weighted by Gasteiger charge is -2.33. The van der Waals surface area contributed by atoms with Crippen LogP contribution in [0.25, 0.3) is 11.3 Å². The van der Waals surface area contributed by atoms with Crippen molar-refractivity contribution < 1.29 is 41.7 Å². The second-order valence-corrected chi connectivity index (χ2v) is 16.2.